The van der Waals surface area contributed by atoms with E-state index < -0.39 is 36.8 Å². The second-order valence-corrected chi connectivity index (χ2v) is 7.05. The molecule has 1 aromatic carbocycles. The molecule has 2 aromatic rings. The zero-order valence-electron chi connectivity index (χ0n) is 16.5. The largest absolute Gasteiger partial charge is 0.459 e. The summed E-state index contributed by atoms with van der Waals surface area (Å²) in [4.78, 5) is 65.1. The molecule has 1 fully saturated rings. The summed E-state index contributed by atoms with van der Waals surface area (Å²) in [5.74, 6) is -2.41. The van der Waals surface area contributed by atoms with E-state index in [1.54, 1.807) is 29.2 Å². The van der Waals surface area contributed by atoms with Gasteiger partial charge in [0.2, 0.25) is 0 Å². The number of furan rings is 1. The second-order valence-electron chi connectivity index (χ2n) is 7.05. The minimum absolute atomic E-state index is 0.235. The lowest BCUT2D eigenvalue weighted by Gasteiger charge is -2.34. The number of hydrogen-bond acceptors (Lipinski definition) is 7. The first kappa shape index (κ1) is 20.3. The van der Waals surface area contributed by atoms with Crippen molar-refractivity contribution in [2.45, 2.75) is 0 Å². The number of piperazine rings is 1. The highest BCUT2D eigenvalue weighted by Crippen LogP contribution is 2.22. The average molecular weight is 425 g/mol. The lowest BCUT2D eigenvalue weighted by atomic mass is 10.1. The Labute approximate surface area is 176 Å². The molecule has 2 aliphatic rings. The van der Waals surface area contributed by atoms with E-state index in [1.165, 1.54) is 23.3 Å². The Morgan fingerprint density at radius 3 is 2.06 bits per heavy atom. The summed E-state index contributed by atoms with van der Waals surface area (Å²) >= 11 is 0. The van der Waals surface area contributed by atoms with Crippen molar-refractivity contribution in [2.24, 2.45) is 0 Å². The van der Waals surface area contributed by atoms with Crippen LogP contribution in [0.2, 0.25) is 0 Å². The minimum atomic E-state index is -0.852. The van der Waals surface area contributed by atoms with Gasteiger partial charge < -0.3 is 19.0 Å². The number of fused-ring (bicyclic) bond motifs is 1. The third-order valence-electron chi connectivity index (χ3n) is 5.17. The predicted octanol–water partition coefficient (Wildman–Crippen LogP) is 0.403. The molecule has 10 nitrogen and oxygen atoms in total. The van der Waals surface area contributed by atoms with Crippen molar-refractivity contribution in [3.8, 4) is 0 Å². The van der Waals surface area contributed by atoms with E-state index in [-0.39, 0.29) is 22.8 Å². The monoisotopic (exact) mass is 425 g/mol. The molecular weight excluding hydrogens is 406 g/mol. The number of ether oxygens (including phenoxy) is 1. The van der Waals surface area contributed by atoms with E-state index >= 15 is 0 Å². The van der Waals surface area contributed by atoms with Crippen molar-refractivity contribution < 1.29 is 33.1 Å². The van der Waals surface area contributed by atoms with E-state index in [0.717, 1.165) is 4.90 Å². The highest BCUT2D eigenvalue weighted by Gasteiger charge is 2.36. The van der Waals surface area contributed by atoms with Crippen LogP contribution in [0.3, 0.4) is 0 Å². The van der Waals surface area contributed by atoms with Crippen molar-refractivity contribution in [1.82, 2.24) is 14.7 Å². The fraction of sp³-hybridized carbons (Fsp3) is 0.286. The molecule has 4 rings (SSSR count). The minimum Gasteiger partial charge on any atom is -0.459 e. The van der Waals surface area contributed by atoms with Crippen LogP contribution in [0.4, 0.5) is 0 Å². The fourth-order valence-electron chi connectivity index (χ4n) is 3.51. The molecule has 10 heteroatoms. The summed E-state index contributed by atoms with van der Waals surface area (Å²) in [6.45, 7) is 0.171. The molecule has 31 heavy (non-hydrogen) atoms. The van der Waals surface area contributed by atoms with E-state index in [1.807, 2.05) is 0 Å². The van der Waals surface area contributed by atoms with Crippen molar-refractivity contribution >= 4 is 29.6 Å². The number of imide groups is 1. The lowest BCUT2D eigenvalue weighted by molar-refractivity contribution is -0.152. The maximum absolute atomic E-state index is 12.3. The van der Waals surface area contributed by atoms with Crippen molar-refractivity contribution in [1.29, 1.82) is 0 Å². The maximum atomic E-state index is 12.3. The van der Waals surface area contributed by atoms with E-state index in [9.17, 15) is 24.0 Å². The Kier molecular flexibility index (Phi) is 5.52. The van der Waals surface area contributed by atoms with Crippen LogP contribution in [0.15, 0.2) is 47.1 Å². The molecule has 1 aromatic heterocycles. The Balaban J connectivity index is 1.23. The predicted molar refractivity (Wildman–Crippen MR) is 104 cm³/mol. The number of benzene rings is 1. The summed E-state index contributed by atoms with van der Waals surface area (Å²) in [6.07, 6.45) is 1.42. The summed E-state index contributed by atoms with van der Waals surface area (Å²) in [5, 5.41) is 0. The number of esters is 1. The normalized spacial score (nSPS) is 15.8. The Hall–Kier alpha value is -3.95. The second kappa shape index (κ2) is 8.42. The molecule has 0 spiro atoms. The molecule has 0 atom stereocenters. The van der Waals surface area contributed by atoms with Gasteiger partial charge in [0, 0.05) is 26.2 Å². The third-order valence-corrected chi connectivity index (χ3v) is 5.17. The molecular formula is C21H19N3O7. The molecule has 1 saturated heterocycles. The molecule has 4 amide bonds. The highest BCUT2D eigenvalue weighted by atomic mass is 16.5. The summed E-state index contributed by atoms with van der Waals surface area (Å²) in [7, 11) is 0. The van der Waals surface area contributed by atoms with Gasteiger partial charge in [-0.25, -0.2) is 0 Å². The topological polar surface area (TPSA) is 117 Å². The number of carbonyl (C=O) groups excluding carboxylic acids is 5. The van der Waals surface area contributed by atoms with Crippen LogP contribution in [-0.2, 0) is 14.3 Å². The number of rotatable bonds is 5. The number of nitrogens with zero attached hydrogens (tertiary/aromatic N) is 3. The first-order valence-corrected chi connectivity index (χ1v) is 9.67. The lowest BCUT2D eigenvalue weighted by Crippen LogP contribution is -2.51. The summed E-state index contributed by atoms with van der Waals surface area (Å²) in [5.41, 5.74) is 0.469. The van der Waals surface area contributed by atoms with Crippen molar-refractivity contribution in [2.75, 3.05) is 39.3 Å². The molecule has 0 aliphatic carbocycles. The van der Waals surface area contributed by atoms with Gasteiger partial charge in [-0.3, -0.25) is 28.9 Å². The Morgan fingerprint density at radius 2 is 1.48 bits per heavy atom. The first-order valence-electron chi connectivity index (χ1n) is 9.67. The Bertz CT molecular complexity index is 1000. The molecule has 0 N–H and O–H groups in total. The molecule has 2 aliphatic heterocycles. The fourth-order valence-corrected chi connectivity index (χ4v) is 3.51. The first-order chi connectivity index (χ1) is 15.0. The molecule has 160 valence electrons. The van der Waals surface area contributed by atoms with Gasteiger partial charge in [-0.15, -0.1) is 0 Å². The molecule has 0 bridgehead atoms. The summed E-state index contributed by atoms with van der Waals surface area (Å²) < 4.78 is 10.1. The number of carbonyl (C=O) groups is 5. The van der Waals surface area contributed by atoms with Crippen LogP contribution in [-0.4, -0.2) is 83.6 Å². The maximum Gasteiger partial charge on any atom is 0.326 e. The van der Waals surface area contributed by atoms with E-state index in [4.69, 9.17) is 9.15 Å². The van der Waals surface area contributed by atoms with Crippen LogP contribution >= 0.6 is 0 Å². The van der Waals surface area contributed by atoms with Crippen LogP contribution in [0, 0.1) is 0 Å². The van der Waals surface area contributed by atoms with Gasteiger partial charge in [-0.1, -0.05) is 12.1 Å². The molecule has 0 saturated carbocycles. The highest BCUT2D eigenvalue weighted by molar-refractivity contribution is 6.22. The smallest absolute Gasteiger partial charge is 0.326 e. The number of hydrogen-bond donors (Lipinski definition) is 0. The quantitative estimate of drug-likeness (QED) is 0.503. The van der Waals surface area contributed by atoms with Gasteiger partial charge in [-0.2, -0.15) is 0 Å². The molecule has 0 unspecified atom stereocenters. The Morgan fingerprint density at radius 1 is 0.871 bits per heavy atom. The summed E-state index contributed by atoms with van der Waals surface area (Å²) in [6, 6.07) is 9.50. The van der Waals surface area contributed by atoms with E-state index in [2.05, 4.69) is 0 Å². The number of amides is 4. The van der Waals surface area contributed by atoms with Gasteiger partial charge in [0.1, 0.15) is 6.54 Å². The standard InChI is InChI=1S/C21H19N3O7/c25-17(22-7-9-23(10-8-22)21(29)16-6-3-11-30-16)13-31-18(26)12-24-19(27)14-4-1-2-5-15(14)20(24)28/h1-6,11H,7-10,12-13H2. The SMILES string of the molecule is O=C(CN1C(=O)c2ccccc2C1=O)OCC(=O)N1CCN(C(=O)c2ccco2)CC1. The molecule has 0 radical (unpaired) electrons. The van der Waals surface area contributed by atoms with Crippen molar-refractivity contribution in [3.05, 3.63) is 59.5 Å². The zero-order chi connectivity index (χ0) is 22.0. The third kappa shape index (κ3) is 4.04. The van der Waals surface area contributed by atoms with Gasteiger partial charge in [0.05, 0.1) is 17.4 Å². The van der Waals surface area contributed by atoms with Crippen molar-refractivity contribution in [3.63, 3.8) is 0 Å². The van der Waals surface area contributed by atoms with Crippen LogP contribution < -0.4 is 0 Å². The van der Waals surface area contributed by atoms with Crippen LogP contribution in [0.25, 0.3) is 0 Å². The van der Waals surface area contributed by atoms with Gasteiger partial charge in [0.25, 0.3) is 23.6 Å². The molecule has 3 heterocycles. The average Bonchev–Trinajstić information content (AvgIpc) is 3.41. The zero-order valence-corrected chi connectivity index (χ0v) is 16.5. The van der Waals surface area contributed by atoms with Crippen LogP contribution in [0.5, 0.6) is 0 Å². The van der Waals surface area contributed by atoms with Crippen LogP contribution in [0.1, 0.15) is 31.3 Å². The van der Waals surface area contributed by atoms with Gasteiger partial charge >= 0.3 is 5.97 Å². The van der Waals surface area contributed by atoms with E-state index in [0.29, 0.717) is 26.2 Å². The van der Waals surface area contributed by atoms with Gasteiger partial charge in [-0.05, 0) is 24.3 Å². The van der Waals surface area contributed by atoms with Gasteiger partial charge in [0.15, 0.2) is 12.4 Å².